The van der Waals surface area contributed by atoms with Gasteiger partial charge >= 0.3 is 18.0 Å². The predicted octanol–water partition coefficient (Wildman–Crippen LogP) is 2.60. The zero-order valence-corrected chi connectivity index (χ0v) is 16.1. The Hall–Kier alpha value is -2.83. The number of benzene rings is 1. The molecule has 0 aromatic heterocycles. The molecule has 2 saturated carbocycles. The zero-order valence-electron chi connectivity index (χ0n) is 16.1. The molecule has 7 heteroatoms. The van der Waals surface area contributed by atoms with Crippen molar-refractivity contribution in [1.29, 1.82) is 0 Å². The molecule has 1 aromatic rings. The Kier molecular flexibility index (Phi) is 5.72. The molecule has 7 nitrogen and oxygen atoms in total. The molecule has 0 saturated heterocycles. The van der Waals surface area contributed by atoms with E-state index in [1.54, 1.807) is 13.8 Å². The van der Waals surface area contributed by atoms with Crippen molar-refractivity contribution in [2.24, 2.45) is 17.8 Å². The zero-order chi connectivity index (χ0) is 20.3. The molecule has 2 fully saturated rings. The third-order valence-electron chi connectivity index (χ3n) is 5.30. The van der Waals surface area contributed by atoms with Crippen molar-refractivity contribution in [3.05, 3.63) is 48.0 Å². The number of carbonyl (C=O) groups excluding carboxylic acids is 3. The van der Waals surface area contributed by atoms with Crippen LogP contribution in [-0.4, -0.2) is 36.8 Å². The Morgan fingerprint density at radius 3 is 2.43 bits per heavy atom. The Balaban J connectivity index is 1.75. The van der Waals surface area contributed by atoms with E-state index in [1.165, 1.54) is 0 Å². The highest BCUT2D eigenvalue weighted by Crippen LogP contribution is 2.65. The molecule has 0 heterocycles. The first kappa shape index (κ1) is 19.9. The second kappa shape index (κ2) is 8.04. The SMILES string of the molecule is C=C1CC(NC(=O)OCc2ccccc2)(C(=O)OCC)C2C1C2C(=O)OCC. The molecule has 1 aromatic carbocycles. The van der Waals surface area contributed by atoms with Crippen LogP contribution in [0.2, 0.25) is 0 Å². The van der Waals surface area contributed by atoms with Gasteiger partial charge < -0.3 is 19.5 Å². The van der Waals surface area contributed by atoms with Gasteiger partial charge in [0.15, 0.2) is 0 Å². The van der Waals surface area contributed by atoms with Gasteiger partial charge in [0.25, 0.3) is 0 Å². The van der Waals surface area contributed by atoms with Crippen LogP contribution in [0, 0.1) is 17.8 Å². The minimum atomic E-state index is -1.36. The van der Waals surface area contributed by atoms with Crippen LogP contribution < -0.4 is 5.32 Å². The van der Waals surface area contributed by atoms with Crippen molar-refractivity contribution < 1.29 is 28.6 Å². The van der Waals surface area contributed by atoms with Gasteiger partial charge in [-0.25, -0.2) is 9.59 Å². The summed E-state index contributed by atoms with van der Waals surface area (Å²) in [7, 11) is 0. The number of amides is 1. The van der Waals surface area contributed by atoms with Gasteiger partial charge in [-0.3, -0.25) is 4.79 Å². The molecule has 1 amide bonds. The van der Waals surface area contributed by atoms with E-state index in [0.29, 0.717) is 0 Å². The van der Waals surface area contributed by atoms with Crippen LogP contribution in [0.4, 0.5) is 4.79 Å². The van der Waals surface area contributed by atoms with E-state index in [1.807, 2.05) is 30.3 Å². The number of fused-ring (bicyclic) bond motifs is 1. The Morgan fingerprint density at radius 2 is 1.79 bits per heavy atom. The summed E-state index contributed by atoms with van der Waals surface area (Å²) in [6, 6.07) is 9.22. The fourth-order valence-corrected chi connectivity index (χ4v) is 4.15. The molecule has 3 rings (SSSR count). The number of nitrogens with one attached hydrogen (secondary N) is 1. The second-order valence-electron chi connectivity index (χ2n) is 7.04. The van der Waals surface area contributed by atoms with E-state index in [4.69, 9.17) is 14.2 Å². The lowest BCUT2D eigenvalue weighted by Gasteiger charge is -2.30. The molecular weight excluding hydrogens is 362 g/mol. The number of hydrogen-bond donors (Lipinski definition) is 1. The highest BCUT2D eigenvalue weighted by atomic mass is 16.6. The highest BCUT2D eigenvalue weighted by Gasteiger charge is 2.74. The van der Waals surface area contributed by atoms with Crippen molar-refractivity contribution >= 4 is 18.0 Å². The summed E-state index contributed by atoms with van der Waals surface area (Å²) in [4.78, 5) is 37.5. The minimum absolute atomic E-state index is 0.0714. The second-order valence-corrected chi connectivity index (χ2v) is 7.04. The molecule has 4 atom stereocenters. The summed E-state index contributed by atoms with van der Waals surface area (Å²) in [5, 5.41) is 2.69. The molecular formula is C21H25NO6. The molecule has 28 heavy (non-hydrogen) atoms. The number of ether oxygens (including phenoxy) is 3. The number of alkyl carbamates (subject to hydrolysis) is 1. The summed E-state index contributed by atoms with van der Waals surface area (Å²) in [5.41, 5.74) is 0.204. The van der Waals surface area contributed by atoms with Crippen LogP contribution in [0.25, 0.3) is 0 Å². The number of rotatable bonds is 7. The van der Waals surface area contributed by atoms with Crippen molar-refractivity contribution in [3.63, 3.8) is 0 Å². The summed E-state index contributed by atoms with van der Waals surface area (Å²) in [6.07, 6.45) is -0.516. The van der Waals surface area contributed by atoms with Gasteiger partial charge in [0.1, 0.15) is 12.1 Å². The number of carbonyl (C=O) groups is 3. The van der Waals surface area contributed by atoms with Gasteiger partial charge in [-0.1, -0.05) is 42.5 Å². The van der Waals surface area contributed by atoms with Crippen LogP contribution in [0.1, 0.15) is 25.8 Å². The van der Waals surface area contributed by atoms with Gasteiger partial charge in [0, 0.05) is 12.3 Å². The first-order valence-corrected chi connectivity index (χ1v) is 9.45. The molecule has 0 aliphatic heterocycles. The fraction of sp³-hybridized carbons (Fsp3) is 0.476. The first-order chi connectivity index (χ1) is 13.4. The first-order valence-electron chi connectivity index (χ1n) is 9.45. The van der Waals surface area contributed by atoms with Gasteiger partial charge in [-0.15, -0.1) is 0 Å². The van der Waals surface area contributed by atoms with Crippen molar-refractivity contribution in [3.8, 4) is 0 Å². The average molecular weight is 387 g/mol. The molecule has 2 aliphatic carbocycles. The maximum atomic E-state index is 12.8. The van der Waals surface area contributed by atoms with Gasteiger partial charge in [-0.2, -0.15) is 0 Å². The largest absolute Gasteiger partial charge is 0.466 e. The lowest BCUT2D eigenvalue weighted by molar-refractivity contribution is -0.153. The molecule has 4 unspecified atom stereocenters. The average Bonchev–Trinajstić information content (AvgIpc) is 3.37. The molecule has 0 radical (unpaired) electrons. The van der Waals surface area contributed by atoms with Gasteiger partial charge in [0.2, 0.25) is 0 Å². The van der Waals surface area contributed by atoms with Crippen LogP contribution in [0.5, 0.6) is 0 Å². The van der Waals surface area contributed by atoms with Crippen molar-refractivity contribution in [1.82, 2.24) is 5.32 Å². The molecule has 2 aliphatic rings. The topological polar surface area (TPSA) is 90.9 Å². The quantitative estimate of drug-likeness (QED) is 0.439. The summed E-state index contributed by atoms with van der Waals surface area (Å²) >= 11 is 0. The lowest BCUT2D eigenvalue weighted by Crippen LogP contribution is -2.56. The smallest absolute Gasteiger partial charge is 0.408 e. The Bertz CT molecular complexity index is 776. The third kappa shape index (κ3) is 3.61. The summed E-state index contributed by atoms with van der Waals surface area (Å²) < 4.78 is 15.6. The van der Waals surface area contributed by atoms with E-state index in [2.05, 4.69) is 11.9 Å². The maximum absolute atomic E-state index is 12.8. The molecule has 0 bridgehead atoms. The van der Waals surface area contributed by atoms with Crippen LogP contribution in [-0.2, 0) is 30.4 Å². The predicted molar refractivity (Wildman–Crippen MR) is 100.0 cm³/mol. The monoisotopic (exact) mass is 387 g/mol. The normalized spacial score (nSPS) is 27.5. The molecule has 1 N–H and O–H groups in total. The van der Waals surface area contributed by atoms with Crippen molar-refractivity contribution in [2.75, 3.05) is 13.2 Å². The van der Waals surface area contributed by atoms with E-state index < -0.39 is 29.4 Å². The van der Waals surface area contributed by atoms with E-state index in [0.717, 1.165) is 11.1 Å². The molecule has 0 spiro atoms. The minimum Gasteiger partial charge on any atom is -0.466 e. The van der Waals surface area contributed by atoms with Crippen LogP contribution >= 0.6 is 0 Å². The summed E-state index contributed by atoms with van der Waals surface area (Å²) in [6.45, 7) is 7.90. The maximum Gasteiger partial charge on any atom is 0.408 e. The van der Waals surface area contributed by atoms with E-state index in [-0.39, 0.29) is 38.1 Å². The van der Waals surface area contributed by atoms with Crippen LogP contribution in [0.3, 0.4) is 0 Å². The Labute approximate surface area is 164 Å². The van der Waals surface area contributed by atoms with Crippen molar-refractivity contribution in [2.45, 2.75) is 32.4 Å². The number of esters is 2. The lowest BCUT2D eigenvalue weighted by atomic mass is 9.89. The van der Waals surface area contributed by atoms with Gasteiger partial charge in [0.05, 0.1) is 19.1 Å². The summed E-state index contributed by atoms with van der Waals surface area (Å²) in [5.74, 6) is -2.08. The fourth-order valence-electron chi connectivity index (χ4n) is 4.15. The number of hydrogen-bond acceptors (Lipinski definition) is 6. The van der Waals surface area contributed by atoms with E-state index in [9.17, 15) is 14.4 Å². The third-order valence-corrected chi connectivity index (χ3v) is 5.30. The molecule has 150 valence electrons. The van der Waals surface area contributed by atoms with E-state index >= 15 is 0 Å². The standard InChI is InChI=1S/C21H25NO6/c1-4-26-18(23)16-15-13(3)11-21(17(15)16,19(24)27-5-2)22-20(25)28-12-14-9-7-6-8-10-14/h6-10,15-17H,3-5,11-12H2,1-2H3,(H,22,25). The van der Waals surface area contributed by atoms with Gasteiger partial charge in [-0.05, 0) is 25.3 Å². The van der Waals surface area contributed by atoms with Crippen LogP contribution in [0.15, 0.2) is 42.5 Å². The highest BCUT2D eigenvalue weighted by molar-refractivity contribution is 5.92. The Morgan fingerprint density at radius 1 is 1.11 bits per heavy atom.